The van der Waals surface area contributed by atoms with Crippen LogP contribution in [0.5, 0.6) is 0 Å². The van der Waals surface area contributed by atoms with Crippen molar-refractivity contribution >= 4 is 28.0 Å². The third-order valence-corrected chi connectivity index (χ3v) is 2.73. The third-order valence-electron chi connectivity index (χ3n) is 1.82. The minimum absolute atomic E-state index is 0.00935. The number of rotatable bonds is 5. The Kier molecular flexibility index (Phi) is 4.74. The van der Waals surface area contributed by atoms with Crippen molar-refractivity contribution in [1.29, 1.82) is 0 Å². The number of amides is 1. The molecule has 1 aromatic heterocycles. The molecule has 12 heteroatoms. The van der Waals surface area contributed by atoms with E-state index in [9.17, 15) is 13.2 Å². The third kappa shape index (κ3) is 4.31. The van der Waals surface area contributed by atoms with Gasteiger partial charge >= 0.3 is 16.3 Å². The molecule has 0 aliphatic rings. The Morgan fingerprint density at radius 2 is 2.25 bits per heavy atom. The summed E-state index contributed by atoms with van der Waals surface area (Å²) in [6, 6.07) is 0. The highest BCUT2D eigenvalue weighted by Gasteiger charge is 2.20. The Morgan fingerprint density at radius 3 is 2.80 bits per heavy atom. The summed E-state index contributed by atoms with van der Waals surface area (Å²) in [5, 5.41) is 17.1. The number of aromatic amines is 1. The largest absolute Gasteiger partial charge is 0.446 e. The van der Waals surface area contributed by atoms with Gasteiger partial charge in [0.1, 0.15) is 5.82 Å². The maximum Gasteiger partial charge on any atom is 0.422 e. The van der Waals surface area contributed by atoms with Gasteiger partial charge in [0.15, 0.2) is 5.84 Å². The molecular weight excluding hydrogens is 292 g/mol. The van der Waals surface area contributed by atoms with E-state index in [1.54, 1.807) is 18.6 Å². The molecule has 0 aliphatic carbocycles. The maximum atomic E-state index is 11.6. The van der Waals surface area contributed by atoms with Crippen molar-refractivity contribution in [3.63, 3.8) is 0 Å². The summed E-state index contributed by atoms with van der Waals surface area (Å²) in [6.45, 7) is 3.12. The van der Waals surface area contributed by atoms with Crippen LogP contribution in [0.1, 0.15) is 19.4 Å². The van der Waals surface area contributed by atoms with Crippen LogP contribution in [-0.2, 0) is 14.9 Å². The summed E-state index contributed by atoms with van der Waals surface area (Å²) >= 11 is 0. The van der Waals surface area contributed by atoms with Crippen LogP contribution < -0.4 is 15.2 Å². The second-order valence-corrected chi connectivity index (χ2v) is 5.22. The number of nitrogens with zero attached hydrogens (tertiary/aromatic N) is 2. The number of aromatic nitrogens is 2. The maximum absolute atomic E-state index is 11.6. The van der Waals surface area contributed by atoms with Gasteiger partial charge in [-0.15, -0.1) is 0 Å². The van der Waals surface area contributed by atoms with Crippen LogP contribution in [0.4, 0.5) is 10.6 Å². The smallest absolute Gasteiger partial charge is 0.422 e. The van der Waals surface area contributed by atoms with Gasteiger partial charge in [0, 0.05) is 0 Å². The zero-order valence-corrected chi connectivity index (χ0v) is 11.4. The van der Waals surface area contributed by atoms with Gasteiger partial charge in [-0.25, -0.2) is 14.2 Å². The number of hydrogen-bond donors (Lipinski definition) is 5. The molecule has 0 unspecified atom stereocenters. The van der Waals surface area contributed by atoms with Gasteiger partial charge < -0.3 is 15.7 Å². The quantitative estimate of drug-likeness (QED) is 0.207. The lowest BCUT2D eigenvalue weighted by Crippen LogP contribution is -2.37. The highest BCUT2D eigenvalue weighted by atomic mass is 32.2. The van der Waals surface area contributed by atoms with Crippen LogP contribution in [-0.4, -0.2) is 41.9 Å². The lowest BCUT2D eigenvalue weighted by atomic mass is 10.3. The summed E-state index contributed by atoms with van der Waals surface area (Å²) in [4.78, 5) is 11.2. The molecule has 1 amide bonds. The zero-order chi connectivity index (χ0) is 15.3. The molecule has 0 bridgehead atoms. The van der Waals surface area contributed by atoms with Gasteiger partial charge in [-0.05, 0) is 13.8 Å². The van der Waals surface area contributed by atoms with E-state index in [4.69, 9.17) is 10.9 Å². The van der Waals surface area contributed by atoms with E-state index in [1.807, 2.05) is 4.72 Å². The van der Waals surface area contributed by atoms with Crippen molar-refractivity contribution in [3.8, 4) is 0 Å². The van der Waals surface area contributed by atoms with E-state index in [1.165, 1.54) is 0 Å². The fourth-order valence-electron chi connectivity index (χ4n) is 1.12. The Bertz CT molecular complexity index is 607. The second kappa shape index (κ2) is 6.10. The average molecular weight is 306 g/mol. The number of amidine groups is 1. The number of hydrogen-bond acceptors (Lipinski definition) is 7. The lowest BCUT2D eigenvalue weighted by Gasteiger charge is -2.11. The summed E-state index contributed by atoms with van der Waals surface area (Å²) in [6.07, 6.45) is -0.484. The fraction of sp³-hybridized carbons (Fsp3) is 0.375. The van der Waals surface area contributed by atoms with Crippen LogP contribution in [0.2, 0.25) is 0 Å². The Hall–Kier alpha value is -2.50. The van der Waals surface area contributed by atoms with E-state index in [-0.39, 0.29) is 17.2 Å². The van der Waals surface area contributed by atoms with Crippen LogP contribution in [0.25, 0.3) is 0 Å². The number of ether oxygens (including phenoxy) is 1. The first-order chi connectivity index (χ1) is 9.25. The zero-order valence-electron chi connectivity index (χ0n) is 10.6. The van der Waals surface area contributed by atoms with Gasteiger partial charge in [0.25, 0.3) is 0 Å². The molecule has 1 rings (SSSR count). The normalized spacial score (nSPS) is 12.2. The first-order valence-corrected chi connectivity index (χ1v) is 6.76. The first-order valence-electron chi connectivity index (χ1n) is 5.27. The van der Waals surface area contributed by atoms with Crippen LogP contribution in [0.15, 0.2) is 11.4 Å². The van der Waals surface area contributed by atoms with E-state index in [0.29, 0.717) is 0 Å². The van der Waals surface area contributed by atoms with Crippen molar-refractivity contribution in [3.05, 3.63) is 11.8 Å². The average Bonchev–Trinajstić information content (AvgIpc) is 2.72. The predicted octanol–water partition coefficient (Wildman–Crippen LogP) is -0.704. The lowest BCUT2D eigenvalue weighted by molar-refractivity contribution is 0.121. The Labute approximate surface area is 114 Å². The molecule has 6 N–H and O–H groups in total. The molecule has 0 radical (unpaired) electrons. The number of carbonyl (C=O) groups is 1. The molecule has 0 saturated heterocycles. The second-order valence-electron chi connectivity index (χ2n) is 3.81. The van der Waals surface area contributed by atoms with E-state index >= 15 is 0 Å². The van der Waals surface area contributed by atoms with E-state index < -0.39 is 22.4 Å². The van der Waals surface area contributed by atoms with Crippen LogP contribution in [0, 0.1) is 0 Å². The van der Waals surface area contributed by atoms with Gasteiger partial charge in [0.05, 0.1) is 17.9 Å². The van der Waals surface area contributed by atoms with Crippen molar-refractivity contribution in [2.24, 2.45) is 10.9 Å². The van der Waals surface area contributed by atoms with Gasteiger partial charge in [0.2, 0.25) is 0 Å². The minimum Gasteiger partial charge on any atom is -0.446 e. The SMILES string of the molecule is CC(C)OC(=O)NS(=O)(=O)Nc1[nH]ncc1C(N)=NO. The summed E-state index contributed by atoms with van der Waals surface area (Å²) < 4.78 is 31.5. The number of oxime groups is 1. The molecule has 0 atom stereocenters. The first kappa shape index (κ1) is 15.6. The Balaban J connectivity index is 2.82. The number of anilines is 1. The fourth-order valence-corrected chi connectivity index (χ4v) is 1.86. The van der Waals surface area contributed by atoms with Crippen LogP contribution >= 0.6 is 0 Å². The molecule has 1 aromatic rings. The highest BCUT2D eigenvalue weighted by molar-refractivity contribution is 7.91. The number of carbonyl (C=O) groups excluding carboxylic acids is 1. The van der Waals surface area contributed by atoms with Crippen molar-refractivity contribution < 1.29 is 23.2 Å². The van der Waals surface area contributed by atoms with Gasteiger partial charge in [-0.3, -0.25) is 5.10 Å². The monoisotopic (exact) mass is 306 g/mol. The van der Waals surface area contributed by atoms with Crippen molar-refractivity contribution in [2.75, 3.05) is 4.72 Å². The summed E-state index contributed by atoms with van der Waals surface area (Å²) in [7, 11) is -4.25. The predicted molar refractivity (Wildman–Crippen MR) is 68.4 cm³/mol. The molecule has 1 heterocycles. The molecule has 20 heavy (non-hydrogen) atoms. The molecular formula is C8H14N6O5S. The number of nitrogens with one attached hydrogen (secondary N) is 3. The van der Waals surface area contributed by atoms with E-state index in [0.717, 1.165) is 6.20 Å². The standard InChI is InChI=1S/C8H14N6O5S/c1-4(2)19-8(15)14-20(17,18)13-7-5(3-10-11-7)6(9)12-16/h3-4,16H,1-2H3,(H2,9,12)(H,14,15)(H2,10,11,13). The van der Waals surface area contributed by atoms with E-state index in [2.05, 4.69) is 20.1 Å². The minimum atomic E-state index is -4.25. The van der Waals surface area contributed by atoms with Crippen LogP contribution in [0.3, 0.4) is 0 Å². The molecule has 0 saturated carbocycles. The molecule has 112 valence electrons. The van der Waals surface area contributed by atoms with Crippen molar-refractivity contribution in [1.82, 2.24) is 14.9 Å². The number of H-pyrrole nitrogens is 1. The molecule has 0 fully saturated rings. The molecule has 0 aliphatic heterocycles. The molecule has 0 aromatic carbocycles. The van der Waals surface area contributed by atoms with Gasteiger partial charge in [-0.2, -0.15) is 13.5 Å². The summed E-state index contributed by atoms with van der Waals surface area (Å²) in [5.41, 5.74) is 5.33. The topological polar surface area (TPSA) is 172 Å². The highest BCUT2D eigenvalue weighted by Crippen LogP contribution is 2.11. The number of nitrogens with two attached hydrogens (primary N) is 1. The van der Waals surface area contributed by atoms with Gasteiger partial charge in [-0.1, -0.05) is 5.16 Å². The van der Waals surface area contributed by atoms with Crippen molar-refractivity contribution in [2.45, 2.75) is 20.0 Å². The summed E-state index contributed by atoms with van der Waals surface area (Å²) in [5.74, 6) is -0.536. The molecule has 0 spiro atoms. The molecule has 11 nitrogen and oxygen atoms in total. The Morgan fingerprint density at radius 1 is 1.60 bits per heavy atom.